The van der Waals surface area contributed by atoms with Gasteiger partial charge in [0.05, 0.1) is 18.7 Å². The van der Waals surface area contributed by atoms with Gasteiger partial charge in [0.1, 0.15) is 5.76 Å². The van der Waals surface area contributed by atoms with E-state index in [1.54, 1.807) is 30.3 Å². The lowest BCUT2D eigenvalue weighted by Gasteiger charge is -2.27. The predicted molar refractivity (Wildman–Crippen MR) is 123 cm³/mol. The van der Waals surface area contributed by atoms with Crippen molar-refractivity contribution in [3.63, 3.8) is 0 Å². The SMILES string of the molecule is COc1ccc(C2/C(=C(/O)c3ccc(C)cc3)C(=O)C(=O)N2CCN(C)C)cc1OC(C)=O. The standard InChI is InChI=1S/C25H28N2O6/c1-15-6-8-17(9-7-15)23(29)21-22(27(13-12-26(3)4)25(31)24(21)30)18-10-11-19(32-5)20(14-18)33-16(2)28/h6-11,14,22,29H,12-13H2,1-5H3/b23-21-. The van der Waals surface area contributed by atoms with E-state index >= 15 is 0 Å². The summed E-state index contributed by atoms with van der Waals surface area (Å²) in [6.07, 6.45) is 0. The van der Waals surface area contributed by atoms with Crippen LogP contribution in [0.4, 0.5) is 0 Å². The minimum atomic E-state index is -0.855. The van der Waals surface area contributed by atoms with Crippen LogP contribution >= 0.6 is 0 Å². The van der Waals surface area contributed by atoms with Gasteiger partial charge in [-0.15, -0.1) is 0 Å². The van der Waals surface area contributed by atoms with Crippen molar-refractivity contribution in [3.05, 3.63) is 64.7 Å². The zero-order valence-corrected chi connectivity index (χ0v) is 19.4. The highest BCUT2D eigenvalue weighted by atomic mass is 16.6. The van der Waals surface area contributed by atoms with Crippen molar-refractivity contribution in [3.8, 4) is 11.5 Å². The van der Waals surface area contributed by atoms with Crippen molar-refractivity contribution in [1.82, 2.24) is 9.80 Å². The quantitative estimate of drug-likeness (QED) is 0.227. The second-order valence-electron chi connectivity index (χ2n) is 8.17. The van der Waals surface area contributed by atoms with Gasteiger partial charge in [-0.2, -0.15) is 0 Å². The van der Waals surface area contributed by atoms with Gasteiger partial charge in [-0.1, -0.05) is 35.9 Å². The molecule has 0 saturated carbocycles. The fourth-order valence-electron chi connectivity index (χ4n) is 3.73. The summed E-state index contributed by atoms with van der Waals surface area (Å²) in [4.78, 5) is 41.0. The Morgan fingerprint density at radius 1 is 1.09 bits per heavy atom. The molecule has 1 aliphatic rings. The van der Waals surface area contributed by atoms with Crippen molar-refractivity contribution in [2.45, 2.75) is 19.9 Å². The summed E-state index contributed by atoms with van der Waals surface area (Å²) < 4.78 is 10.6. The third-order valence-corrected chi connectivity index (χ3v) is 5.41. The number of hydrogen-bond acceptors (Lipinski definition) is 7. The largest absolute Gasteiger partial charge is 0.507 e. The number of benzene rings is 2. The van der Waals surface area contributed by atoms with Crippen LogP contribution in [0.2, 0.25) is 0 Å². The first kappa shape index (κ1) is 24.0. The number of aryl methyl sites for hydroxylation is 1. The van der Waals surface area contributed by atoms with Crippen LogP contribution in [-0.4, -0.2) is 66.9 Å². The van der Waals surface area contributed by atoms with E-state index in [-0.39, 0.29) is 23.6 Å². The number of methoxy groups -OCH3 is 1. The number of nitrogens with zero attached hydrogens (tertiary/aromatic N) is 2. The predicted octanol–water partition coefficient (Wildman–Crippen LogP) is 2.91. The Bertz CT molecular complexity index is 1100. The van der Waals surface area contributed by atoms with Gasteiger partial charge in [-0.05, 0) is 38.7 Å². The maximum atomic E-state index is 13.1. The summed E-state index contributed by atoms with van der Waals surface area (Å²) in [6.45, 7) is 3.97. The van der Waals surface area contributed by atoms with Crippen molar-refractivity contribution in [2.75, 3.05) is 34.3 Å². The second kappa shape index (κ2) is 9.87. The molecule has 1 aliphatic heterocycles. The number of ketones is 1. The number of amides is 1. The molecule has 0 aromatic heterocycles. The molecule has 174 valence electrons. The first-order valence-electron chi connectivity index (χ1n) is 10.5. The number of likely N-dealkylation sites (tertiary alicyclic amines) is 1. The monoisotopic (exact) mass is 452 g/mol. The minimum Gasteiger partial charge on any atom is -0.507 e. The summed E-state index contributed by atoms with van der Waals surface area (Å²) in [5, 5.41) is 11.1. The number of hydrogen-bond donors (Lipinski definition) is 1. The van der Waals surface area contributed by atoms with Crippen LogP contribution in [0.3, 0.4) is 0 Å². The molecule has 0 aliphatic carbocycles. The third-order valence-electron chi connectivity index (χ3n) is 5.41. The van der Waals surface area contributed by atoms with Crippen molar-refractivity contribution >= 4 is 23.4 Å². The zero-order valence-electron chi connectivity index (χ0n) is 19.4. The lowest BCUT2D eigenvalue weighted by molar-refractivity contribution is -0.140. The van der Waals surface area contributed by atoms with Gasteiger partial charge in [-0.25, -0.2) is 0 Å². The van der Waals surface area contributed by atoms with Crippen LogP contribution in [-0.2, 0) is 14.4 Å². The molecule has 0 bridgehead atoms. The molecule has 0 spiro atoms. The molecule has 0 radical (unpaired) electrons. The van der Waals surface area contributed by atoms with Crippen molar-refractivity contribution in [1.29, 1.82) is 0 Å². The molecule has 1 atom stereocenters. The number of esters is 1. The lowest BCUT2D eigenvalue weighted by atomic mass is 9.94. The molecule has 1 saturated heterocycles. The van der Waals surface area contributed by atoms with E-state index in [9.17, 15) is 19.5 Å². The molecule has 1 N–H and O–H groups in total. The van der Waals surface area contributed by atoms with Crippen LogP contribution in [0, 0.1) is 6.92 Å². The molecule has 2 aromatic carbocycles. The molecular weight excluding hydrogens is 424 g/mol. The lowest BCUT2D eigenvalue weighted by Crippen LogP contribution is -2.35. The summed E-state index contributed by atoms with van der Waals surface area (Å²) in [7, 11) is 5.18. The topological polar surface area (TPSA) is 96.4 Å². The molecule has 1 unspecified atom stereocenters. The van der Waals surface area contributed by atoms with E-state index in [0.717, 1.165) is 5.56 Å². The van der Waals surface area contributed by atoms with Crippen LogP contribution < -0.4 is 9.47 Å². The molecule has 1 heterocycles. The number of Topliss-reactive ketones (excluding diaryl/α,β-unsaturated/α-hetero) is 1. The maximum Gasteiger partial charge on any atom is 0.308 e. The number of likely N-dealkylation sites (N-methyl/N-ethyl adjacent to an activating group) is 1. The first-order chi connectivity index (χ1) is 15.6. The smallest absolute Gasteiger partial charge is 0.308 e. The number of aliphatic hydroxyl groups excluding tert-OH is 1. The Balaban J connectivity index is 2.19. The molecule has 1 fully saturated rings. The first-order valence-corrected chi connectivity index (χ1v) is 10.5. The highest BCUT2D eigenvalue weighted by Gasteiger charge is 2.46. The van der Waals surface area contributed by atoms with Gasteiger partial charge in [0.25, 0.3) is 11.7 Å². The number of carbonyl (C=O) groups is 3. The number of ether oxygens (including phenoxy) is 2. The van der Waals surface area contributed by atoms with Crippen molar-refractivity contribution in [2.24, 2.45) is 0 Å². The molecule has 8 heteroatoms. The average Bonchev–Trinajstić information content (AvgIpc) is 3.02. The molecule has 2 aromatic rings. The minimum absolute atomic E-state index is 0.0125. The van der Waals surface area contributed by atoms with E-state index in [1.807, 2.05) is 38.1 Å². The van der Waals surface area contributed by atoms with E-state index in [2.05, 4.69) is 0 Å². The average molecular weight is 453 g/mol. The Morgan fingerprint density at radius 3 is 2.33 bits per heavy atom. The summed E-state index contributed by atoms with van der Waals surface area (Å²) in [5.41, 5.74) is 1.93. The van der Waals surface area contributed by atoms with Crippen LogP contribution in [0.1, 0.15) is 29.7 Å². The fourth-order valence-corrected chi connectivity index (χ4v) is 3.73. The van der Waals surface area contributed by atoms with Gasteiger partial charge in [-0.3, -0.25) is 14.4 Å². The van der Waals surface area contributed by atoms with Gasteiger partial charge in [0, 0.05) is 25.6 Å². The van der Waals surface area contributed by atoms with Crippen molar-refractivity contribution < 1.29 is 29.0 Å². The second-order valence-corrected chi connectivity index (χ2v) is 8.17. The molecule has 3 rings (SSSR count). The zero-order chi connectivity index (χ0) is 24.3. The Hall–Kier alpha value is -3.65. The number of carbonyl (C=O) groups excluding carboxylic acids is 3. The molecule has 33 heavy (non-hydrogen) atoms. The van der Waals surface area contributed by atoms with Gasteiger partial charge in [0.15, 0.2) is 11.5 Å². The summed E-state index contributed by atoms with van der Waals surface area (Å²) in [5.74, 6) is -1.75. The fraction of sp³-hybridized carbons (Fsp3) is 0.320. The normalized spacial score (nSPS) is 17.5. The maximum absolute atomic E-state index is 13.1. The van der Waals surface area contributed by atoms with Crippen LogP contribution in [0.15, 0.2) is 48.0 Å². The molecular formula is C25H28N2O6. The highest BCUT2D eigenvalue weighted by molar-refractivity contribution is 6.46. The Morgan fingerprint density at radius 2 is 1.76 bits per heavy atom. The van der Waals surface area contributed by atoms with Gasteiger partial charge in [0.2, 0.25) is 0 Å². The number of aliphatic hydroxyl groups is 1. The molecule has 8 nitrogen and oxygen atoms in total. The molecule has 1 amide bonds. The van der Waals surface area contributed by atoms with E-state index in [1.165, 1.54) is 18.9 Å². The third kappa shape index (κ3) is 5.06. The van der Waals surface area contributed by atoms with Gasteiger partial charge < -0.3 is 24.4 Å². The highest BCUT2D eigenvalue weighted by Crippen LogP contribution is 2.42. The van der Waals surface area contributed by atoms with E-state index < -0.39 is 23.7 Å². The van der Waals surface area contributed by atoms with E-state index in [0.29, 0.717) is 23.4 Å². The van der Waals surface area contributed by atoms with Crippen LogP contribution in [0.25, 0.3) is 5.76 Å². The Labute approximate surface area is 193 Å². The van der Waals surface area contributed by atoms with E-state index in [4.69, 9.17) is 9.47 Å². The Kier molecular flexibility index (Phi) is 7.18. The van der Waals surface area contributed by atoms with Gasteiger partial charge >= 0.3 is 5.97 Å². The van der Waals surface area contributed by atoms with Crippen LogP contribution in [0.5, 0.6) is 11.5 Å². The number of rotatable bonds is 7. The summed E-state index contributed by atoms with van der Waals surface area (Å²) in [6, 6.07) is 11.0. The summed E-state index contributed by atoms with van der Waals surface area (Å²) >= 11 is 0.